The van der Waals surface area contributed by atoms with Crippen molar-refractivity contribution in [2.24, 2.45) is 0 Å². The molecule has 1 aromatic carbocycles. The molecule has 2 aromatic rings. The average molecular weight is 308 g/mol. The maximum atomic E-state index is 11.9. The zero-order valence-corrected chi connectivity index (χ0v) is 12.4. The fraction of sp³-hybridized carbons (Fsp3) is 0.267. The number of rotatable bonds is 4. The van der Waals surface area contributed by atoms with Crippen molar-refractivity contribution in [3.63, 3.8) is 0 Å². The molecule has 0 atom stereocenters. The van der Waals surface area contributed by atoms with E-state index in [0.29, 0.717) is 16.5 Å². The molecule has 0 spiro atoms. The molecule has 21 heavy (non-hydrogen) atoms. The van der Waals surface area contributed by atoms with Crippen LogP contribution in [-0.2, 0) is 9.47 Å². The van der Waals surface area contributed by atoms with E-state index in [0.717, 1.165) is 0 Å². The molecule has 0 saturated carbocycles. The first kappa shape index (κ1) is 15.3. The van der Waals surface area contributed by atoms with Gasteiger partial charge in [0.2, 0.25) is 0 Å². The Morgan fingerprint density at radius 1 is 1.14 bits per heavy atom. The SMILES string of the molecule is CCOC(=O)c1cc(Cl)c2c(C(=O)OCC)cccc2n1. The Hall–Kier alpha value is -2.14. The minimum atomic E-state index is -0.553. The van der Waals surface area contributed by atoms with Crippen LogP contribution >= 0.6 is 11.6 Å². The second kappa shape index (κ2) is 6.54. The molecule has 0 amide bonds. The summed E-state index contributed by atoms with van der Waals surface area (Å²) in [6.07, 6.45) is 0. The number of pyridine rings is 1. The molecule has 1 heterocycles. The summed E-state index contributed by atoms with van der Waals surface area (Å²) in [5.41, 5.74) is 0.869. The van der Waals surface area contributed by atoms with E-state index in [1.54, 1.807) is 32.0 Å². The maximum Gasteiger partial charge on any atom is 0.356 e. The van der Waals surface area contributed by atoms with Crippen LogP contribution in [0.1, 0.15) is 34.7 Å². The largest absolute Gasteiger partial charge is 0.462 e. The first-order chi connectivity index (χ1) is 10.1. The number of carbonyl (C=O) groups is 2. The smallest absolute Gasteiger partial charge is 0.356 e. The Morgan fingerprint density at radius 2 is 1.81 bits per heavy atom. The second-order valence-electron chi connectivity index (χ2n) is 4.13. The zero-order chi connectivity index (χ0) is 15.4. The van der Waals surface area contributed by atoms with E-state index < -0.39 is 11.9 Å². The summed E-state index contributed by atoms with van der Waals surface area (Å²) in [5, 5.41) is 0.720. The molecule has 2 rings (SSSR count). The van der Waals surface area contributed by atoms with Crippen molar-refractivity contribution >= 4 is 34.4 Å². The van der Waals surface area contributed by atoms with Crippen LogP contribution in [0.15, 0.2) is 24.3 Å². The molecule has 0 aliphatic heterocycles. The van der Waals surface area contributed by atoms with Crippen LogP contribution in [0.2, 0.25) is 5.02 Å². The fourth-order valence-electron chi connectivity index (χ4n) is 1.93. The van der Waals surface area contributed by atoms with Gasteiger partial charge in [0.05, 0.1) is 29.3 Å². The molecule has 0 aliphatic carbocycles. The summed E-state index contributed by atoms with van der Waals surface area (Å²) in [4.78, 5) is 27.8. The van der Waals surface area contributed by atoms with E-state index in [2.05, 4.69) is 4.98 Å². The van der Waals surface area contributed by atoms with Crippen molar-refractivity contribution in [3.05, 3.63) is 40.5 Å². The lowest BCUT2D eigenvalue weighted by Gasteiger charge is -2.09. The molecule has 0 N–H and O–H groups in total. The molecule has 110 valence electrons. The molecule has 0 radical (unpaired) electrons. The van der Waals surface area contributed by atoms with E-state index >= 15 is 0 Å². The number of aromatic nitrogens is 1. The number of benzene rings is 1. The highest BCUT2D eigenvalue weighted by atomic mass is 35.5. The van der Waals surface area contributed by atoms with Crippen molar-refractivity contribution < 1.29 is 19.1 Å². The van der Waals surface area contributed by atoms with Crippen LogP contribution in [0.3, 0.4) is 0 Å². The van der Waals surface area contributed by atoms with Gasteiger partial charge >= 0.3 is 11.9 Å². The molecular formula is C15H14ClNO4. The Bertz CT molecular complexity index is 699. The zero-order valence-electron chi connectivity index (χ0n) is 11.7. The van der Waals surface area contributed by atoms with Gasteiger partial charge in [0.25, 0.3) is 0 Å². The Labute approximate surface area is 126 Å². The molecule has 6 heteroatoms. The molecule has 0 fully saturated rings. The summed E-state index contributed by atoms with van der Waals surface area (Å²) in [7, 11) is 0. The summed E-state index contributed by atoms with van der Waals surface area (Å²) in [6, 6.07) is 6.34. The Balaban J connectivity index is 2.57. The van der Waals surface area contributed by atoms with Gasteiger partial charge < -0.3 is 9.47 Å². The maximum absolute atomic E-state index is 11.9. The number of esters is 2. The summed E-state index contributed by atoms with van der Waals surface area (Å²) in [6.45, 7) is 3.95. The van der Waals surface area contributed by atoms with E-state index in [9.17, 15) is 9.59 Å². The van der Waals surface area contributed by atoms with Gasteiger partial charge in [-0.2, -0.15) is 0 Å². The van der Waals surface area contributed by atoms with Crippen molar-refractivity contribution in [2.75, 3.05) is 13.2 Å². The normalized spacial score (nSPS) is 10.4. The van der Waals surface area contributed by atoms with Crippen LogP contribution in [0.4, 0.5) is 0 Å². The number of hydrogen-bond donors (Lipinski definition) is 0. The lowest BCUT2D eigenvalue weighted by Crippen LogP contribution is -2.09. The van der Waals surface area contributed by atoms with E-state index in [4.69, 9.17) is 21.1 Å². The summed E-state index contributed by atoms with van der Waals surface area (Å²) in [5.74, 6) is -1.03. The summed E-state index contributed by atoms with van der Waals surface area (Å²) < 4.78 is 9.89. The third kappa shape index (κ3) is 3.13. The van der Waals surface area contributed by atoms with Crippen molar-refractivity contribution in [2.45, 2.75) is 13.8 Å². The Morgan fingerprint density at radius 3 is 2.48 bits per heavy atom. The fourth-order valence-corrected chi connectivity index (χ4v) is 2.23. The highest BCUT2D eigenvalue weighted by Crippen LogP contribution is 2.27. The monoisotopic (exact) mass is 307 g/mol. The molecule has 5 nitrogen and oxygen atoms in total. The summed E-state index contributed by atoms with van der Waals surface area (Å²) >= 11 is 6.20. The van der Waals surface area contributed by atoms with Crippen LogP contribution in [0.25, 0.3) is 10.9 Å². The van der Waals surface area contributed by atoms with Gasteiger partial charge in [0.1, 0.15) is 0 Å². The molecule has 0 unspecified atom stereocenters. The van der Waals surface area contributed by atoms with Crippen LogP contribution < -0.4 is 0 Å². The minimum Gasteiger partial charge on any atom is -0.462 e. The number of hydrogen-bond acceptors (Lipinski definition) is 5. The predicted octanol–water partition coefficient (Wildman–Crippen LogP) is 3.24. The lowest BCUT2D eigenvalue weighted by atomic mass is 10.1. The number of nitrogens with zero attached hydrogens (tertiary/aromatic N) is 1. The Kier molecular flexibility index (Phi) is 4.75. The van der Waals surface area contributed by atoms with Crippen LogP contribution in [-0.4, -0.2) is 30.1 Å². The minimum absolute atomic E-state index is 0.107. The molecular weight excluding hydrogens is 294 g/mol. The molecule has 0 saturated heterocycles. The third-order valence-electron chi connectivity index (χ3n) is 2.77. The van der Waals surface area contributed by atoms with Gasteiger partial charge in [-0.3, -0.25) is 0 Å². The lowest BCUT2D eigenvalue weighted by molar-refractivity contribution is 0.0515. The first-order valence-corrected chi connectivity index (χ1v) is 6.89. The van der Waals surface area contributed by atoms with E-state index in [-0.39, 0.29) is 23.9 Å². The molecule has 0 aliphatic rings. The van der Waals surface area contributed by atoms with Gasteiger partial charge in [-0.1, -0.05) is 17.7 Å². The standard InChI is InChI=1S/C15H14ClNO4/c1-3-20-14(18)9-6-5-7-11-13(9)10(16)8-12(17-11)15(19)21-4-2/h5-8H,3-4H2,1-2H3. The first-order valence-electron chi connectivity index (χ1n) is 6.52. The highest BCUT2D eigenvalue weighted by Gasteiger charge is 2.17. The number of ether oxygens (including phenoxy) is 2. The van der Waals surface area contributed by atoms with Gasteiger partial charge in [-0.15, -0.1) is 0 Å². The van der Waals surface area contributed by atoms with Gasteiger partial charge in [-0.25, -0.2) is 14.6 Å². The predicted molar refractivity (Wildman–Crippen MR) is 78.7 cm³/mol. The third-order valence-corrected chi connectivity index (χ3v) is 3.06. The van der Waals surface area contributed by atoms with Gasteiger partial charge in [-0.05, 0) is 32.0 Å². The van der Waals surface area contributed by atoms with Crippen LogP contribution in [0.5, 0.6) is 0 Å². The van der Waals surface area contributed by atoms with Gasteiger partial charge in [0, 0.05) is 5.39 Å². The van der Waals surface area contributed by atoms with E-state index in [1.807, 2.05) is 0 Å². The number of carbonyl (C=O) groups excluding carboxylic acids is 2. The second-order valence-corrected chi connectivity index (χ2v) is 4.54. The molecule has 0 bridgehead atoms. The van der Waals surface area contributed by atoms with Crippen molar-refractivity contribution in [3.8, 4) is 0 Å². The number of fused-ring (bicyclic) bond motifs is 1. The molecule has 1 aromatic heterocycles. The topological polar surface area (TPSA) is 65.5 Å². The van der Waals surface area contributed by atoms with Crippen molar-refractivity contribution in [1.29, 1.82) is 0 Å². The van der Waals surface area contributed by atoms with Crippen molar-refractivity contribution in [1.82, 2.24) is 4.98 Å². The average Bonchev–Trinajstić information content (AvgIpc) is 2.47. The van der Waals surface area contributed by atoms with Gasteiger partial charge in [0.15, 0.2) is 5.69 Å². The highest BCUT2D eigenvalue weighted by molar-refractivity contribution is 6.37. The van der Waals surface area contributed by atoms with Crippen LogP contribution in [0, 0.1) is 0 Å². The number of halogens is 1. The van der Waals surface area contributed by atoms with E-state index in [1.165, 1.54) is 6.07 Å². The quantitative estimate of drug-likeness (QED) is 0.811.